The van der Waals surface area contributed by atoms with Gasteiger partial charge >= 0.3 is 0 Å². The minimum absolute atomic E-state index is 0. The Morgan fingerprint density at radius 2 is 1.96 bits per heavy atom. The van der Waals surface area contributed by atoms with Crippen molar-refractivity contribution in [1.29, 1.82) is 0 Å². The fraction of sp³-hybridized carbons (Fsp3) is 0.824. The molecule has 0 saturated carbocycles. The molecule has 1 amide bonds. The second kappa shape index (κ2) is 20.7. The molecule has 0 spiro atoms. The minimum atomic E-state index is -0.122. The van der Waals surface area contributed by atoms with Gasteiger partial charge in [0.05, 0.1) is 18.5 Å². The van der Waals surface area contributed by atoms with E-state index in [0.717, 1.165) is 18.8 Å². The summed E-state index contributed by atoms with van der Waals surface area (Å²) in [4.78, 5) is 11.4. The number of hydrogen-bond acceptors (Lipinski definition) is 6. The molecule has 0 rings (SSSR count). The van der Waals surface area contributed by atoms with E-state index in [1.165, 1.54) is 0 Å². The zero-order chi connectivity index (χ0) is 18.6. The van der Waals surface area contributed by atoms with Crippen LogP contribution in [0.15, 0.2) is 0 Å². The van der Waals surface area contributed by atoms with Crippen LogP contribution in [0.1, 0.15) is 38.9 Å². The third-order valence-electron chi connectivity index (χ3n) is 2.32. The third-order valence-corrected chi connectivity index (χ3v) is 5.06. The molecule has 0 aromatic rings. The van der Waals surface area contributed by atoms with Crippen LogP contribution in [-0.2, 0) is 9.53 Å². The Morgan fingerprint density at radius 1 is 1.25 bits per heavy atom. The maximum absolute atomic E-state index is 11.4. The van der Waals surface area contributed by atoms with E-state index in [1.807, 2.05) is 56.3 Å². The van der Waals surface area contributed by atoms with Crippen molar-refractivity contribution < 1.29 is 13.8 Å². The lowest BCUT2D eigenvalue weighted by Gasteiger charge is -2.12. The number of amides is 1. The number of nitrogens with one attached hydrogen (secondary N) is 3. The highest BCUT2D eigenvalue weighted by atomic mass is 33.1. The maximum atomic E-state index is 11.4. The quantitative estimate of drug-likeness (QED) is 0.208. The van der Waals surface area contributed by atoms with Crippen molar-refractivity contribution in [1.82, 2.24) is 16.0 Å². The molecular formula is C17H41N3O2S2. The van der Waals surface area contributed by atoms with Crippen molar-refractivity contribution in [2.45, 2.75) is 40.0 Å². The predicted octanol–water partition coefficient (Wildman–Crippen LogP) is 3.08. The van der Waals surface area contributed by atoms with E-state index in [4.69, 9.17) is 4.74 Å². The van der Waals surface area contributed by atoms with Gasteiger partial charge in [0.25, 0.3) is 0 Å². The number of carbonyl (C=O) groups excluding carboxylic acids is 1. The summed E-state index contributed by atoms with van der Waals surface area (Å²) < 4.78 is 5.32. The summed E-state index contributed by atoms with van der Waals surface area (Å²) in [5, 5.41) is 9.53. The molecule has 3 N–H and O–H groups in total. The molecule has 1 atom stereocenters. The smallest absolute Gasteiger partial charge is 0.246 e. The number of hydrogen-bond donors (Lipinski definition) is 3. The van der Waals surface area contributed by atoms with Crippen LogP contribution in [0.3, 0.4) is 0 Å². The number of carbonyl (C=O) groups is 1. The first kappa shape index (κ1) is 25.8. The van der Waals surface area contributed by atoms with Crippen LogP contribution in [0, 0.1) is 17.8 Å². The van der Waals surface area contributed by atoms with Gasteiger partial charge < -0.3 is 20.7 Å². The number of ether oxygens (including phenoxy) is 1. The summed E-state index contributed by atoms with van der Waals surface area (Å²) in [5.41, 5.74) is 0. The topological polar surface area (TPSA) is 62.4 Å². The Kier molecular flexibility index (Phi) is 22.2. The second-order valence-corrected chi connectivity index (χ2v) is 7.75. The van der Waals surface area contributed by atoms with Gasteiger partial charge in [-0.1, -0.05) is 61.1 Å². The molecule has 5 nitrogen and oxygen atoms in total. The summed E-state index contributed by atoms with van der Waals surface area (Å²) in [6.07, 6.45) is 0. The van der Waals surface area contributed by atoms with Gasteiger partial charge in [-0.2, -0.15) is 0 Å². The molecule has 0 aliphatic carbocycles. The zero-order valence-electron chi connectivity index (χ0n) is 16.0. The first-order chi connectivity index (χ1) is 11.6. The van der Waals surface area contributed by atoms with E-state index >= 15 is 0 Å². The van der Waals surface area contributed by atoms with Gasteiger partial charge in [0.15, 0.2) is 0 Å². The molecule has 0 aromatic carbocycles. The van der Waals surface area contributed by atoms with Gasteiger partial charge in [0, 0.05) is 29.0 Å². The van der Waals surface area contributed by atoms with Crippen LogP contribution in [0.5, 0.6) is 0 Å². The standard InChI is InChI=1S/C15H29N3O2S2.C2H6.3H2/c1-13(2)6-5-7-18-15(19)12-20-10-8-17-14(3)22-21-11-9-16-4;1-2;;;/h13-14,16-17H,7-12H2,1-4H3,(H,18,19);1-2H3;3*1H. The highest BCUT2D eigenvalue weighted by molar-refractivity contribution is 8.76. The van der Waals surface area contributed by atoms with Crippen molar-refractivity contribution in [2.24, 2.45) is 5.92 Å². The normalized spacial score (nSPS) is 11.1. The summed E-state index contributed by atoms with van der Waals surface area (Å²) in [6, 6.07) is 0. The van der Waals surface area contributed by atoms with Crippen LogP contribution < -0.4 is 16.0 Å². The Labute approximate surface area is 161 Å². The van der Waals surface area contributed by atoms with Crippen LogP contribution in [0.25, 0.3) is 0 Å². The first-order valence-corrected chi connectivity index (χ1v) is 10.9. The average molecular weight is 384 g/mol. The molecule has 0 saturated heterocycles. The van der Waals surface area contributed by atoms with Crippen molar-refractivity contribution in [2.75, 3.05) is 45.6 Å². The molecule has 1 unspecified atom stereocenters. The second-order valence-electron chi connectivity index (χ2n) is 4.92. The monoisotopic (exact) mass is 383 g/mol. The number of rotatable bonds is 12. The molecule has 24 heavy (non-hydrogen) atoms. The Morgan fingerprint density at radius 3 is 2.58 bits per heavy atom. The van der Waals surface area contributed by atoms with Crippen LogP contribution in [0.4, 0.5) is 0 Å². The minimum Gasteiger partial charge on any atom is -0.370 e. The van der Waals surface area contributed by atoms with Crippen LogP contribution in [0.2, 0.25) is 0 Å². The van der Waals surface area contributed by atoms with Crippen molar-refractivity contribution in [3.8, 4) is 11.8 Å². The van der Waals surface area contributed by atoms with Gasteiger partial charge in [-0.3, -0.25) is 4.79 Å². The van der Waals surface area contributed by atoms with E-state index in [0.29, 0.717) is 24.4 Å². The molecule has 0 aliphatic rings. The van der Waals surface area contributed by atoms with Gasteiger partial charge in [-0.05, 0) is 14.0 Å². The third kappa shape index (κ3) is 21.6. The SMILES string of the molecule is CC.CNCCSSC(C)NCCOCC(=O)NCC#CC(C)C.[HH].[HH].[HH]. The molecule has 0 bridgehead atoms. The summed E-state index contributed by atoms with van der Waals surface area (Å²) in [6.45, 7) is 12.9. The van der Waals surface area contributed by atoms with Gasteiger partial charge in [-0.15, -0.1) is 0 Å². The lowest BCUT2D eigenvalue weighted by Crippen LogP contribution is -2.31. The lowest BCUT2D eigenvalue weighted by molar-refractivity contribution is -0.125. The van der Waals surface area contributed by atoms with Gasteiger partial charge in [0.2, 0.25) is 5.91 Å². The van der Waals surface area contributed by atoms with E-state index in [9.17, 15) is 4.79 Å². The Balaban J connectivity index is -0.000000311. The first-order valence-electron chi connectivity index (χ1n) is 8.55. The van der Waals surface area contributed by atoms with E-state index in [-0.39, 0.29) is 16.8 Å². The van der Waals surface area contributed by atoms with Crippen molar-refractivity contribution >= 4 is 27.5 Å². The highest BCUT2D eigenvalue weighted by Gasteiger charge is 2.03. The van der Waals surface area contributed by atoms with Gasteiger partial charge in [0.1, 0.15) is 6.61 Å². The van der Waals surface area contributed by atoms with E-state index < -0.39 is 0 Å². The summed E-state index contributed by atoms with van der Waals surface area (Å²) in [7, 11) is 5.61. The van der Waals surface area contributed by atoms with Crippen molar-refractivity contribution in [3.05, 3.63) is 0 Å². The Hall–Kier alpha value is -0.390. The molecule has 0 aromatic heterocycles. The van der Waals surface area contributed by atoms with E-state index in [2.05, 4.69) is 34.7 Å². The molecule has 148 valence electrons. The highest BCUT2D eigenvalue weighted by Crippen LogP contribution is 2.24. The fourth-order valence-corrected chi connectivity index (χ4v) is 3.40. The summed E-state index contributed by atoms with van der Waals surface area (Å²) >= 11 is 0. The average Bonchev–Trinajstić information content (AvgIpc) is 2.57. The van der Waals surface area contributed by atoms with E-state index in [1.54, 1.807) is 0 Å². The maximum Gasteiger partial charge on any atom is 0.246 e. The zero-order valence-corrected chi connectivity index (χ0v) is 17.7. The molecule has 7 heteroatoms. The molecule has 0 heterocycles. The summed E-state index contributed by atoms with van der Waals surface area (Å²) in [5.74, 6) is 7.19. The van der Waals surface area contributed by atoms with Crippen LogP contribution in [-0.4, -0.2) is 56.9 Å². The largest absolute Gasteiger partial charge is 0.370 e. The fourth-order valence-electron chi connectivity index (χ4n) is 1.28. The van der Waals surface area contributed by atoms with Crippen LogP contribution >= 0.6 is 21.6 Å². The van der Waals surface area contributed by atoms with Crippen molar-refractivity contribution in [3.63, 3.8) is 0 Å². The van der Waals surface area contributed by atoms with Gasteiger partial charge in [-0.25, -0.2) is 0 Å². The molecular weight excluding hydrogens is 342 g/mol. The molecule has 0 fully saturated rings. The lowest BCUT2D eigenvalue weighted by atomic mass is 10.2. The molecule has 0 radical (unpaired) electrons. The molecule has 0 aliphatic heterocycles. The predicted molar refractivity (Wildman–Crippen MR) is 116 cm³/mol. The Bertz CT molecular complexity index is 358.